The second-order valence-electron chi connectivity index (χ2n) is 9.89. The Morgan fingerprint density at radius 1 is 1.24 bits per heavy atom. The predicted molar refractivity (Wildman–Crippen MR) is 137 cm³/mol. The lowest BCUT2D eigenvalue weighted by atomic mass is 10.1. The number of hydrogen-bond donors (Lipinski definition) is 1. The Kier molecular flexibility index (Phi) is 8.19. The fourth-order valence-electron chi connectivity index (χ4n) is 4.85. The summed E-state index contributed by atoms with van der Waals surface area (Å²) in [5, 5.41) is 12.3. The minimum Gasteiger partial charge on any atom is -0.375 e. The number of pyridine rings is 1. The van der Waals surface area contributed by atoms with Gasteiger partial charge in [0.05, 0.1) is 30.2 Å². The van der Waals surface area contributed by atoms with Gasteiger partial charge in [-0.3, -0.25) is 14.6 Å². The molecule has 11 heteroatoms. The Labute approximate surface area is 215 Å². The molecule has 1 N–H and O–H groups in total. The number of benzene rings is 1. The van der Waals surface area contributed by atoms with Crippen LogP contribution in [0.5, 0.6) is 0 Å². The van der Waals surface area contributed by atoms with Crippen molar-refractivity contribution in [1.82, 2.24) is 25.0 Å². The van der Waals surface area contributed by atoms with Crippen LogP contribution < -0.4 is 10.2 Å². The van der Waals surface area contributed by atoms with Gasteiger partial charge in [-0.05, 0) is 44.3 Å². The van der Waals surface area contributed by atoms with E-state index in [0.717, 1.165) is 56.3 Å². The number of hydrogen-bond acceptors (Lipinski definition) is 7. The molecule has 198 valence electrons. The molecule has 0 spiro atoms. The summed E-state index contributed by atoms with van der Waals surface area (Å²) in [6.45, 7) is 4.95. The van der Waals surface area contributed by atoms with Crippen LogP contribution in [-0.2, 0) is 4.79 Å². The molecule has 0 bridgehead atoms. The highest BCUT2D eigenvalue weighted by molar-refractivity contribution is 6.07. The fraction of sp³-hybridized carbons (Fsp3) is 0.538. The first-order valence-electron chi connectivity index (χ1n) is 12.5. The maximum atomic E-state index is 13.7. The van der Waals surface area contributed by atoms with E-state index in [9.17, 15) is 18.4 Å². The summed E-state index contributed by atoms with van der Waals surface area (Å²) in [6.07, 6.45) is 1.84. The van der Waals surface area contributed by atoms with E-state index in [2.05, 4.69) is 32.0 Å². The fourth-order valence-corrected chi connectivity index (χ4v) is 4.85. The van der Waals surface area contributed by atoms with Crippen molar-refractivity contribution in [2.45, 2.75) is 24.8 Å². The van der Waals surface area contributed by atoms with Crippen molar-refractivity contribution in [1.29, 1.82) is 5.26 Å². The SMILES string of the molecule is CN1CCN(CCCN(C)c2ccc3nccc(C(=O)NCC(=O)N4CC(F)(F)CC4C#N)c3c2)CC1. The third-order valence-electron chi connectivity index (χ3n) is 7.11. The van der Waals surface area contributed by atoms with Crippen LogP contribution in [0.1, 0.15) is 23.2 Å². The van der Waals surface area contributed by atoms with Crippen LogP contribution in [0.15, 0.2) is 30.5 Å². The van der Waals surface area contributed by atoms with Gasteiger partial charge in [-0.25, -0.2) is 8.78 Å². The highest BCUT2D eigenvalue weighted by atomic mass is 19.3. The van der Waals surface area contributed by atoms with Gasteiger partial charge in [-0.2, -0.15) is 5.26 Å². The van der Waals surface area contributed by atoms with Crippen molar-refractivity contribution in [2.24, 2.45) is 0 Å². The molecule has 2 fully saturated rings. The zero-order chi connectivity index (χ0) is 26.6. The topological polar surface area (TPSA) is 95.8 Å². The first kappa shape index (κ1) is 26.7. The minimum absolute atomic E-state index is 0.342. The molecular weight excluding hydrogens is 480 g/mol. The van der Waals surface area contributed by atoms with Crippen LogP contribution in [0.25, 0.3) is 10.9 Å². The van der Waals surface area contributed by atoms with Gasteiger partial charge < -0.3 is 24.9 Å². The van der Waals surface area contributed by atoms with Gasteiger partial charge in [-0.1, -0.05) is 0 Å². The Hall–Kier alpha value is -3.36. The highest BCUT2D eigenvalue weighted by Crippen LogP contribution is 2.31. The molecule has 3 heterocycles. The second-order valence-corrected chi connectivity index (χ2v) is 9.89. The number of nitriles is 1. The quantitative estimate of drug-likeness (QED) is 0.575. The first-order valence-corrected chi connectivity index (χ1v) is 12.5. The Morgan fingerprint density at radius 3 is 2.73 bits per heavy atom. The van der Waals surface area contributed by atoms with E-state index in [1.54, 1.807) is 12.1 Å². The number of nitrogens with zero attached hydrogens (tertiary/aromatic N) is 6. The number of anilines is 1. The summed E-state index contributed by atoms with van der Waals surface area (Å²) in [4.78, 5) is 37.6. The summed E-state index contributed by atoms with van der Waals surface area (Å²) in [7, 11) is 4.16. The number of likely N-dealkylation sites (tertiary alicyclic amines) is 1. The molecule has 4 rings (SSSR count). The van der Waals surface area contributed by atoms with Crippen molar-refractivity contribution >= 4 is 28.4 Å². The third-order valence-corrected chi connectivity index (χ3v) is 7.11. The zero-order valence-corrected chi connectivity index (χ0v) is 21.3. The number of rotatable bonds is 8. The average molecular weight is 514 g/mol. The van der Waals surface area contributed by atoms with Crippen molar-refractivity contribution in [3.8, 4) is 6.07 Å². The first-order chi connectivity index (χ1) is 17.7. The molecule has 1 aromatic carbocycles. The van der Waals surface area contributed by atoms with Crippen LogP contribution in [0, 0.1) is 11.3 Å². The van der Waals surface area contributed by atoms with Crippen LogP contribution in [0.2, 0.25) is 0 Å². The van der Waals surface area contributed by atoms with E-state index in [0.29, 0.717) is 16.5 Å². The van der Waals surface area contributed by atoms with E-state index < -0.39 is 43.3 Å². The number of nitrogens with one attached hydrogen (secondary N) is 1. The van der Waals surface area contributed by atoms with Crippen molar-refractivity contribution in [3.63, 3.8) is 0 Å². The largest absolute Gasteiger partial charge is 0.375 e. The second kappa shape index (κ2) is 11.4. The monoisotopic (exact) mass is 513 g/mol. The normalized spacial score (nSPS) is 20.1. The minimum atomic E-state index is -3.10. The number of halogens is 2. The molecule has 0 saturated carbocycles. The number of likely N-dealkylation sites (N-methyl/N-ethyl adjacent to an activating group) is 1. The molecule has 0 radical (unpaired) electrons. The van der Waals surface area contributed by atoms with Gasteiger partial charge in [0.15, 0.2) is 0 Å². The standard InChI is InChI=1S/C26H33F2N7O2/c1-32-10-12-34(13-11-32)9-3-8-33(2)19-4-5-23-22(14-19)21(6-7-30-23)25(37)31-17-24(36)35-18-26(27,28)15-20(35)16-29/h4-7,14,20H,3,8-13,15,17-18H2,1-2H3,(H,31,37). The van der Waals surface area contributed by atoms with Gasteiger partial charge in [0.2, 0.25) is 5.91 Å². The van der Waals surface area contributed by atoms with Crippen LogP contribution >= 0.6 is 0 Å². The van der Waals surface area contributed by atoms with Crippen molar-refractivity contribution in [3.05, 3.63) is 36.0 Å². The van der Waals surface area contributed by atoms with Gasteiger partial charge in [-0.15, -0.1) is 0 Å². The molecular formula is C26H33F2N7O2. The Balaban J connectivity index is 1.38. The number of carbonyl (C=O) groups excluding carboxylic acids is 2. The van der Waals surface area contributed by atoms with E-state index >= 15 is 0 Å². The number of amides is 2. The Morgan fingerprint density at radius 2 is 2.00 bits per heavy atom. The lowest BCUT2D eigenvalue weighted by molar-refractivity contribution is -0.131. The molecule has 1 aromatic heterocycles. The number of carbonyl (C=O) groups is 2. The summed E-state index contributed by atoms with van der Waals surface area (Å²) in [5.41, 5.74) is 1.92. The molecule has 9 nitrogen and oxygen atoms in total. The summed E-state index contributed by atoms with van der Waals surface area (Å²) < 4.78 is 27.3. The average Bonchev–Trinajstić information content (AvgIpc) is 3.22. The molecule has 37 heavy (non-hydrogen) atoms. The van der Waals surface area contributed by atoms with Gasteiger partial charge in [0.25, 0.3) is 11.8 Å². The maximum Gasteiger partial charge on any atom is 0.268 e. The molecule has 2 aromatic rings. The van der Waals surface area contributed by atoms with E-state index in [4.69, 9.17) is 5.26 Å². The highest BCUT2D eigenvalue weighted by Gasteiger charge is 2.47. The smallest absolute Gasteiger partial charge is 0.268 e. The van der Waals surface area contributed by atoms with Gasteiger partial charge in [0.1, 0.15) is 6.04 Å². The van der Waals surface area contributed by atoms with E-state index in [-0.39, 0.29) is 0 Å². The number of alkyl halides is 2. The molecule has 2 amide bonds. The zero-order valence-electron chi connectivity index (χ0n) is 21.3. The van der Waals surface area contributed by atoms with E-state index in [1.165, 1.54) is 6.20 Å². The van der Waals surface area contributed by atoms with Crippen LogP contribution in [0.3, 0.4) is 0 Å². The van der Waals surface area contributed by atoms with Gasteiger partial charge >= 0.3 is 0 Å². The van der Waals surface area contributed by atoms with E-state index in [1.807, 2.05) is 25.2 Å². The summed E-state index contributed by atoms with van der Waals surface area (Å²) in [6, 6.07) is 7.84. The number of piperazine rings is 1. The molecule has 2 aliphatic heterocycles. The number of fused-ring (bicyclic) bond motifs is 1. The van der Waals surface area contributed by atoms with Crippen molar-refractivity contribution in [2.75, 3.05) is 71.4 Å². The van der Waals surface area contributed by atoms with Crippen molar-refractivity contribution < 1.29 is 18.4 Å². The Bertz CT molecular complexity index is 1180. The molecule has 2 aliphatic rings. The molecule has 1 unspecified atom stereocenters. The van der Waals surface area contributed by atoms with Crippen LogP contribution in [0.4, 0.5) is 14.5 Å². The lowest BCUT2D eigenvalue weighted by Gasteiger charge is -2.32. The third kappa shape index (κ3) is 6.50. The summed E-state index contributed by atoms with van der Waals surface area (Å²) in [5.74, 6) is -4.32. The molecule has 2 saturated heterocycles. The molecule has 1 atom stereocenters. The number of aromatic nitrogens is 1. The maximum absolute atomic E-state index is 13.7. The predicted octanol–water partition coefficient (Wildman–Crippen LogP) is 1.80. The lowest BCUT2D eigenvalue weighted by Crippen LogP contribution is -2.45. The molecule has 0 aliphatic carbocycles. The van der Waals surface area contributed by atoms with Crippen LogP contribution in [-0.4, -0.2) is 110 Å². The van der Waals surface area contributed by atoms with Gasteiger partial charge in [0, 0.05) is 63.5 Å². The summed E-state index contributed by atoms with van der Waals surface area (Å²) >= 11 is 0.